The molecule has 2 rings (SSSR count). The Labute approximate surface area is 117 Å². The molecule has 8 heteroatoms. The third-order valence-corrected chi connectivity index (χ3v) is 2.87. The van der Waals surface area contributed by atoms with Crippen LogP contribution in [0.1, 0.15) is 0 Å². The molecule has 0 atom stereocenters. The maximum atomic E-state index is 5.98. The van der Waals surface area contributed by atoms with Crippen molar-refractivity contribution in [2.45, 2.75) is 0 Å². The Bertz CT molecular complexity index is 540. The van der Waals surface area contributed by atoms with Gasteiger partial charge in [-0.2, -0.15) is 4.98 Å². The molecule has 0 aliphatic rings. The molecule has 1 N–H and O–H groups in total. The van der Waals surface area contributed by atoms with Crippen LogP contribution in [-0.4, -0.2) is 15.2 Å². The summed E-state index contributed by atoms with van der Waals surface area (Å²) in [6, 6.07) is 5.09. The fourth-order valence-electron chi connectivity index (χ4n) is 1.11. The predicted octanol–water partition coefficient (Wildman–Crippen LogP) is 4.23. The Hall–Kier alpha value is -0.810. The normalized spacial score (nSPS) is 10.4. The highest BCUT2D eigenvalue weighted by molar-refractivity contribution is 6.39. The first-order valence-corrected chi connectivity index (χ1v) is 5.86. The van der Waals surface area contributed by atoms with E-state index in [1.807, 2.05) is 0 Å². The topological polar surface area (TPSA) is 50.7 Å². The summed E-state index contributed by atoms with van der Waals surface area (Å²) in [4.78, 5) is 3.88. The number of hydrogen-bond donors (Lipinski definition) is 1. The summed E-state index contributed by atoms with van der Waals surface area (Å²) in [5, 5.41) is 10.9. The maximum absolute atomic E-state index is 5.98. The molecule has 4 nitrogen and oxygen atoms in total. The van der Waals surface area contributed by atoms with Gasteiger partial charge >= 0.3 is 0 Å². The molecule has 0 aliphatic heterocycles. The third-order valence-electron chi connectivity index (χ3n) is 1.83. The monoisotopic (exact) mass is 308 g/mol. The van der Waals surface area contributed by atoms with Gasteiger partial charge in [-0.25, -0.2) is 0 Å². The number of nitrogens with zero attached hydrogens (tertiary/aromatic N) is 3. The molecule has 0 fully saturated rings. The molecule has 0 saturated heterocycles. The van der Waals surface area contributed by atoms with Crippen LogP contribution in [0.25, 0.3) is 0 Å². The molecule has 2 aromatic rings. The summed E-state index contributed by atoms with van der Waals surface area (Å²) in [7, 11) is 0. The van der Waals surface area contributed by atoms with E-state index in [0.29, 0.717) is 15.7 Å². The van der Waals surface area contributed by atoms with E-state index in [2.05, 4.69) is 20.5 Å². The molecule has 0 bridgehead atoms. The minimum atomic E-state index is -0.0277. The van der Waals surface area contributed by atoms with Gasteiger partial charge in [0.15, 0.2) is 11.0 Å². The van der Waals surface area contributed by atoms with Crippen molar-refractivity contribution in [1.29, 1.82) is 0 Å². The van der Waals surface area contributed by atoms with E-state index < -0.39 is 0 Å². The zero-order valence-corrected chi connectivity index (χ0v) is 11.1. The SMILES string of the molecule is Clc1nnc(Cl)c(Nc2c(Cl)cccc2Cl)n1. The molecule has 0 spiro atoms. The maximum Gasteiger partial charge on any atom is 0.245 e. The van der Waals surface area contributed by atoms with Crippen molar-refractivity contribution in [2.75, 3.05) is 5.32 Å². The van der Waals surface area contributed by atoms with Crippen LogP contribution >= 0.6 is 46.4 Å². The Kier molecular flexibility index (Phi) is 3.89. The molecule has 1 heterocycles. The van der Waals surface area contributed by atoms with Crippen LogP contribution in [0.2, 0.25) is 20.5 Å². The lowest BCUT2D eigenvalue weighted by Crippen LogP contribution is -1.99. The highest BCUT2D eigenvalue weighted by atomic mass is 35.5. The highest BCUT2D eigenvalue weighted by Crippen LogP contribution is 2.33. The van der Waals surface area contributed by atoms with Crippen molar-refractivity contribution in [3.63, 3.8) is 0 Å². The molecule has 0 radical (unpaired) electrons. The van der Waals surface area contributed by atoms with Crippen molar-refractivity contribution in [2.24, 2.45) is 0 Å². The van der Waals surface area contributed by atoms with Crippen molar-refractivity contribution in [1.82, 2.24) is 15.2 Å². The molecule has 1 aromatic carbocycles. The standard InChI is InChI=1S/C9H4Cl4N4/c10-4-2-1-3-5(11)6(4)14-8-7(12)16-17-9(13)15-8/h1-3H,(H,14,15,17). The molecule has 17 heavy (non-hydrogen) atoms. The molecule has 0 aliphatic carbocycles. The Morgan fingerprint density at radius 2 is 1.59 bits per heavy atom. The van der Waals surface area contributed by atoms with Crippen LogP contribution in [0.3, 0.4) is 0 Å². The average Bonchev–Trinajstić information content (AvgIpc) is 2.28. The number of hydrogen-bond acceptors (Lipinski definition) is 4. The molecule has 1 aromatic heterocycles. The Balaban J connectivity index is 2.41. The van der Waals surface area contributed by atoms with Crippen molar-refractivity contribution in [3.8, 4) is 0 Å². The van der Waals surface area contributed by atoms with Gasteiger partial charge in [0.05, 0.1) is 15.7 Å². The lowest BCUT2D eigenvalue weighted by Gasteiger charge is -2.09. The zero-order chi connectivity index (χ0) is 12.4. The summed E-state index contributed by atoms with van der Waals surface area (Å²) in [5.74, 6) is 0.238. The van der Waals surface area contributed by atoms with Gasteiger partial charge in [-0.3, -0.25) is 0 Å². The van der Waals surface area contributed by atoms with Crippen LogP contribution in [0.5, 0.6) is 0 Å². The van der Waals surface area contributed by atoms with Crippen molar-refractivity contribution in [3.05, 3.63) is 38.7 Å². The molecule has 88 valence electrons. The fourth-order valence-corrected chi connectivity index (χ4v) is 1.85. The quantitative estimate of drug-likeness (QED) is 0.902. The van der Waals surface area contributed by atoms with E-state index >= 15 is 0 Å². The third kappa shape index (κ3) is 2.90. The number of benzene rings is 1. The van der Waals surface area contributed by atoms with Crippen molar-refractivity contribution >= 4 is 57.9 Å². The number of nitrogens with one attached hydrogen (secondary N) is 1. The largest absolute Gasteiger partial charge is 0.335 e. The van der Waals surface area contributed by atoms with Crippen LogP contribution in [0.15, 0.2) is 18.2 Å². The second-order valence-corrected chi connectivity index (χ2v) is 4.45. The second-order valence-electron chi connectivity index (χ2n) is 2.94. The van der Waals surface area contributed by atoms with E-state index in [1.165, 1.54) is 0 Å². The molecular weight excluding hydrogens is 306 g/mol. The van der Waals surface area contributed by atoms with Crippen LogP contribution in [0.4, 0.5) is 11.5 Å². The molecular formula is C9H4Cl4N4. The van der Waals surface area contributed by atoms with Crippen molar-refractivity contribution < 1.29 is 0 Å². The van der Waals surface area contributed by atoms with E-state index in [1.54, 1.807) is 18.2 Å². The van der Waals surface area contributed by atoms with Crippen LogP contribution in [-0.2, 0) is 0 Å². The lowest BCUT2D eigenvalue weighted by molar-refractivity contribution is 0.975. The first-order valence-electron chi connectivity index (χ1n) is 4.34. The minimum Gasteiger partial charge on any atom is -0.335 e. The smallest absolute Gasteiger partial charge is 0.245 e. The first-order chi connectivity index (χ1) is 8.08. The van der Waals surface area contributed by atoms with Gasteiger partial charge in [-0.15, -0.1) is 10.2 Å². The minimum absolute atomic E-state index is 0.0277. The summed E-state index contributed by atoms with van der Waals surface area (Å²) < 4.78 is 0. The lowest BCUT2D eigenvalue weighted by atomic mass is 10.3. The second kappa shape index (κ2) is 5.23. The van der Waals surface area contributed by atoms with Crippen LogP contribution in [0, 0.1) is 0 Å². The number of aromatic nitrogens is 3. The summed E-state index contributed by atoms with van der Waals surface area (Å²) in [5.41, 5.74) is 0.481. The molecule has 0 amide bonds. The number of rotatable bonds is 2. The van der Waals surface area contributed by atoms with Gasteiger partial charge in [-0.1, -0.05) is 40.9 Å². The Morgan fingerprint density at radius 1 is 0.941 bits per heavy atom. The van der Waals surface area contributed by atoms with Crippen LogP contribution < -0.4 is 5.32 Å². The van der Waals surface area contributed by atoms with Gasteiger partial charge in [0.2, 0.25) is 5.28 Å². The number of halogens is 4. The van der Waals surface area contributed by atoms with Gasteiger partial charge < -0.3 is 5.32 Å². The highest BCUT2D eigenvalue weighted by Gasteiger charge is 2.11. The number of anilines is 2. The van der Waals surface area contributed by atoms with Gasteiger partial charge in [0, 0.05) is 0 Å². The average molecular weight is 310 g/mol. The van der Waals surface area contributed by atoms with Gasteiger partial charge in [-0.05, 0) is 23.7 Å². The predicted molar refractivity (Wildman–Crippen MR) is 69.6 cm³/mol. The van der Waals surface area contributed by atoms with E-state index in [9.17, 15) is 0 Å². The zero-order valence-electron chi connectivity index (χ0n) is 8.09. The van der Waals surface area contributed by atoms with E-state index in [0.717, 1.165) is 0 Å². The molecule has 0 unspecified atom stereocenters. The van der Waals surface area contributed by atoms with Gasteiger partial charge in [0.1, 0.15) is 0 Å². The summed E-state index contributed by atoms with van der Waals surface area (Å²) in [6.07, 6.45) is 0. The van der Waals surface area contributed by atoms with Gasteiger partial charge in [0.25, 0.3) is 0 Å². The van der Waals surface area contributed by atoms with E-state index in [-0.39, 0.29) is 16.3 Å². The fraction of sp³-hybridized carbons (Fsp3) is 0. The number of para-hydroxylation sites is 1. The molecule has 0 saturated carbocycles. The van der Waals surface area contributed by atoms with E-state index in [4.69, 9.17) is 46.4 Å². The summed E-state index contributed by atoms with van der Waals surface area (Å²) in [6.45, 7) is 0. The Morgan fingerprint density at radius 3 is 2.24 bits per heavy atom. The summed E-state index contributed by atoms with van der Waals surface area (Å²) >= 11 is 23.4. The first kappa shape index (κ1) is 12.6.